The molecule has 0 spiro atoms. The van der Waals surface area contributed by atoms with E-state index in [1.165, 1.54) is 6.07 Å². The van der Waals surface area contributed by atoms with Crippen molar-refractivity contribution in [2.24, 2.45) is 10.8 Å². The number of hydrogen-bond donors (Lipinski definition) is 4. The minimum atomic E-state index is -0.691. The summed E-state index contributed by atoms with van der Waals surface area (Å²) in [6, 6.07) is 3.06. The van der Waals surface area contributed by atoms with E-state index in [4.69, 9.17) is 0 Å². The van der Waals surface area contributed by atoms with E-state index in [1.54, 1.807) is 6.07 Å². The summed E-state index contributed by atoms with van der Waals surface area (Å²) in [7, 11) is 0. The van der Waals surface area contributed by atoms with Gasteiger partial charge >= 0.3 is 11.9 Å². The fourth-order valence-corrected chi connectivity index (χ4v) is 4.37. The van der Waals surface area contributed by atoms with Gasteiger partial charge < -0.3 is 20.4 Å². The van der Waals surface area contributed by atoms with Gasteiger partial charge in [0, 0.05) is 6.07 Å². The van der Waals surface area contributed by atoms with E-state index >= 15 is 0 Å². The van der Waals surface area contributed by atoms with Crippen LogP contribution in [0.4, 0.5) is 0 Å². The Hall–Kier alpha value is -2.24. The Morgan fingerprint density at radius 3 is 1.79 bits per heavy atom. The number of phenols is 2. The fourth-order valence-electron chi connectivity index (χ4n) is 4.37. The monoisotopic (exact) mass is 404 g/mol. The predicted molar refractivity (Wildman–Crippen MR) is 108 cm³/mol. The van der Waals surface area contributed by atoms with Crippen molar-refractivity contribution in [1.82, 2.24) is 0 Å². The maximum atomic E-state index is 11.3. The Morgan fingerprint density at radius 2 is 1.28 bits per heavy atom. The normalized spacial score (nSPS) is 18.3. The number of phenolic OH excluding ortho intramolecular Hbond substituents is 2. The van der Waals surface area contributed by atoms with E-state index in [9.17, 15) is 30.0 Å². The van der Waals surface area contributed by atoms with Crippen molar-refractivity contribution < 1.29 is 30.0 Å². The molecule has 2 fully saturated rings. The van der Waals surface area contributed by atoms with E-state index in [2.05, 4.69) is 0 Å². The van der Waals surface area contributed by atoms with Crippen LogP contribution in [0.3, 0.4) is 0 Å². The number of hydrogen-bond acceptors (Lipinski definition) is 4. The summed E-state index contributed by atoms with van der Waals surface area (Å²) in [4.78, 5) is 22.5. The molecule has 2 aliphatic rings. The van der Waals surface area contributed by atoms with Crippen molar-refractivity contribution in [3.63, 3.8) is 0 Å². The zero-order chi connectivity index (χ0) is 21.1. The van der Waals surface area contributed by atoms with Gasteiger partial charge in [-0.1, -0.05) is 19.3 Å². The first-order chi connectivity index (χ1) is 13.8. The highest BCUT2D eigenvalue weighted by Crippen LogP contribution is 2.51. The maximum Gasteiger partial charge on any atom is 0.309 e. The molecule has 6 heteroatoms. The highest BCUT2D eigenvalue weighted by atomic mass is 16.4. The third kappa shape index (κ3) is 5.22. The molecule has 2 saturated carbocycles. The molecular formula is C23H32O6. The number of aromatic hydroxyl groups is 2. The summed E-state index contributed by atoms with van der Waals surface area (Å²) in [6.45, 7) is 0. The van der Waals surface area contributed by atoms with Crippen LogP contribution in [0, 0.1) is 10.8 Å². The third-order valence-corrected chi connectivity index (χ3v) is 6.85. The van der Waals surface area contributed by atoms with Gasteiger partial charge in [0.05, 0.1) is 10.8 Å². The van der Waals surface area contributed by atoms with Crippen molar-refractivity contribution in [2.75, 3.05) is 0 Å². The molecule has 6 nitrogen and oxygen atoms in total. The van der Waals surface area contributed by atoms with Gasteiger partial charge in [0.1, 0.15) is 11.5 Å². The quantitative estimate of drug-likeness (QED) is 0.356. The van der Waals surface area contributed by atoms with Gasteiger partial charge in [-0.15, -0.1) is 0 Å². The van der Waals surface area contributed by atoms with Crippen LogP contribution in [0.5, 0.6) is 11.5 Å². The minimum Gasteiger partial charge on any atom is -0.508 e. The highest BCUT2D eigenvalue weighted by molar-refractivity contribution is 5.78. The molecule has 0 atom stereocenters. The third-order valence-electron chi connectivity index (χ3n) is 6.85. The largest absolute Gasteiger partial charge is 0.508 e. The lowest BCUT2D eigenvalue weighted by Crippen LogP contribution is -2.14. The van der Waals surface area contributed by atoms with Crippen LogP contribution in [-0.2, 0) is 22.4 Å². The second-order valence-electron chi connectivity index (χ2n) is 9.04. The molecule has 3 rings (SSSR count). The predicted octanol–water partition coefficient (Wildman–Crippen LogP) is 4.64. The van der Waals surface area contributed by atoms with Crippen molar-refractivity contribution in [2.45, 2.75) is 83.5 Å². The van der Waals surface area contributed by atoms with Crippen LogP contribution in [0.2, 0.25) is 0 Å². The molecule has 0 aromatic heterocycles. The van der Waals surface area contributed by atoms with Crippen LogP contribution in [0.15, 0.2) is 12.1 Å². The van der Waals surface area contributed by atoms with E-state index in [0.29, 0.717) is 19.3 Å². The van der Waals surface area contributed by atoms with Gasteiger partial charge in [-0.2, -0.15) is 0 Å². The van der Waals surface area contributed by atoms with Gasteiger partial charge in [-0.05, 0) is 81.4 Å². The summed E-state index contributed by atoms with van der Waals surface area (Å²) < 4.78 is 0. The standard InChI is InChI=1S/C23H32O6/c24-17-14-16(6-3-5-9-23(12-13-23)21(28)29)18(19(25)15-17)7-2-1-4-8-22(10-11-22)20(26)27/h14-15,24-25H,1-13H2,(H,26,27)(H,28,29). The molecule has 0 radical (unpaired) electrons. The maximum absolute atomic E-state index is 11.3. The van der Waals surface area contributed by atoms with E-state index in [1.807, 2.05) is 0 Å². The molecule has 1 aromatic carbocycles. The topological polar surface area (TPSA) is 115 Å². The average Bonchev–Trinajstić information content (AvgIpc) is 3.55. The molecule has 0 saturated heterocycles. The zero-order valence-electron chi connectivity index (χ0n) is 17.0. The van der Waals surface area contributed by atoms with Crippen molar-refractivity contribution >= 4 is 11.9 Å². The smallest absolute Gasteiger partial charge is 0.309 e. The van der Waals surface area contributed by atoms with Gasteiger partial charge in [-0.25, -0.2) is 0 Å². The fraction of sp³-hybridized carbons (Fsp3) is 0.652. The van der Waals surface area contributed by atoms with Crippen LogP contribution in [0.25, 0.3) is 0 Å². The molecule has 1 aromatic rings. The van der Waals surface area contributed by atoms with Crippen LogP contribution >= 0.6 is 0 Å². The van der Waals surface area contributed by atoms with Crippen LogP contribution < -0.4 is 0 Å². The zero-order valence-corrected chi connectivity index (χ0v) is 17.0. The Morgan fingerprint density at radius 1 is 0.759 bits per heavy atom. The van der Waals surface area contributed by atoms with Gasteiger partial charge in [0.2, 0.25) is 0 Å². The first kappa shape index (κ1) is 21.5. The number of carbonyl (C=O) groups is 2. The molecule has 0 heterocycles. The van der Waals surface area contributed by atoms with Gasteiger partial charge in [-0.3, -0.25) is 9.59 Å². The number of carboxylic acid groups (broad SMARTS) is 2. The lowest BCUT2D eigenvalue weighted by molar-refractivity contribution is -0.144. The van der Waals surface area contributed by atoms with Crippen molar-refractivity contribution in [1.29, 1.82) is 0 Å². The molecule has 0 bridgehead atoms. The highest BCUT2D eigenvalue weighted by Gasteiger charge is 2.49. The second kappa shape index (κ2) is 8.64. The second-order valence-corrected chi connectivity index (χ2v) is 9.04. The number of benzene rings is 1. The number of aliphatic carboxylic acids is 2. The van der Waals surface area contributed by atoms with Crippen LogP contribution in [0.1, 0.15) is 81.8 Å². The molecular weight excluding hydrogens is 372 g/mol. The van der Waals surface area contributed by atoms with E-state index < -0.39 is 22.8 Å². The molecule has 0 amide bonds. The summed E-state index contributed by atoms with van der Waals surface area (Å²) in [5.74, 6) is -1.22. The Kier molecular flexibility index (Phi) is 6.39. The van der Waals surface area contributed by atoms with E-state index in [-0.39, 0.29) is 11.5 Å². The first-order valence-electron chi connectivity index (χ1n) is 10.8. The van der Waals surface area contributed by atoms with E-state index in [0.717, 1.165) is 75.3 Å². The molecule has 160 valence electrons. The lowest BCUT2D eigenvalue weighted by Gasteiger charge is -2.14. The molecule has 4 N–H and O–H groups in total. The number of aryl methyl sites for hydroxylation is 1. The molecule has 29 heavy (non-hydrogen) atoms. The Balaban J connectivity index is 1.46. The minimum absolute atomic E-state index is 0.0441. The number of carboxylic acids is 2. The molecule has 2 aliphatic carbocycles. The molecule has 0 unspecified atom stereocenters. The van der Waals surface area contributed by atoms with Gasteiger partial charge in [0.25, 0.3) is 0 Å². The average molecular weight is 405 g/mol. The van der Waals surface area contributed by atoms with Gasteiger partial charge in [0.15, 0.2) is 0 Å². The summed E-state index contributed by atoms with van der Waals surface area (Å²) in [5.41, 5.74) is 0.799. The Bertz CT molecular complexity index is 761. The SMILES string of the molecule is O=C(O)C1(CCCCCc2c(O)cc(O)cc2CCCCC2(C(=O)O)CC2)CC1. The summed E-state index contributed by atoms with van der Waals surface area (Å²) >= 11 is 0. The lowest BCUT2D eigenvalue weighted by atomic mass is 9.92. The summed E-state index contributed by atoms with van der Waals surface area (Å²) in [6.07, 6.45) is 10.2. The number of rotatable bonds is 13. The number of unbranched alkanes of at least 4 members (excludes halogenated alkanes) is 3. The Labute approximate surface area is 171 Å². The van der Waals surface area contributed by atoms with Crippen molar-refractivity contribution in [3.05, 3.63) is 23.3 Å². The summed E-state index contributed by atoms with van der Waals surface area (Å²) in [5, 5.41) is 38.6. The van der Waals surface area contributed by atoms with Crippen molar-refractivity contribution in [3.8, 4) is 11.5 Å². The molecule has 0 aliphatic heterocycles. The van der Waals surface area contributed by atoms with Crippen LogP contribution in [-0.4, -0.2) is 32.4 Å². The first-order valence-corrected chi connectivity index (χ1v) is 10.8.